The van der Waals surface area contributed by atoms with Gasteiger partial charge in [-0.2, -0.15) is 0 Å². The molecule has 2 aromatic rings. The second kappa shape index (κ2) is 9.10. The van der Waals surface area contributed by atoms with Crippen LogP contribution in [-0.4, -0.2) is 67.6 Å². The van der Waals surface area contributed by atoms with Crippen molar-refractivity contribution < 1.29 is 19.5 Å². The van der Waals surface area contributed by atoms with Crippen LogP contribution in [-0.2, 0) is 21.4 Å². The van der Waals surface area contributed by atoms with Crippen molar-refractivity contribution in [3.8, 4) is 0 Å². The number of imide groups is 1. The molecule has 3 radical (unpaired) electrons. The van der Waals surface area contributed by atoms with Crippen LogP contribution >= 0.6 is 0 Å². The molecule has 1 unspecified atom stereocenters. The molecule has 2 saturated heterocycles. The number of benzene rings is 1. The average Bonchev–Trinajstić information content (AvgIpc) is 3.00. The van der Waals surface area contributed by atoms with E-state index >= 15 is 0 Å². The summed E-state index contributed by atoms with van der Waals surface area (Å²) in [6, 6.07) is 4.91. The SMILES string of the molecule is Cn1c(=O)n(C2CCC(=O)NC2=O)c2ccc(N3CCC(C(=O)O)CC3)cc21.[B][Se]. The molecular formula is C19H22BN4O5Se. The van der Waals surface area contributed by atoms with Crippen LogP contribution in [0.4, 0.5) is 5.69 Å². The van der Waals surface area contributed by atoms with Gasteiger partial charge in [-0.15, -0.1) is 0 Å². The van der Waals surface area contributed by atoms with Gasteiger partial charge in [0.05, 0.1) is 17.0 Å². The monoisotopic (exact) mass is 477 g/mol. The molecule has 0 spiro atoms. The molecule has 1 aromatic carbocycles. The molecule has 0 saturated carbocycles. The third-order valence-corrected chi connectivity index (χ3v) is 5.80. The van der Waals surface area contributed by atoms with Crippen molar-refractivity contribution in [2.45, 2.75) is 31.7 Å². The number of hydrogen-bond donors (Lipinski definition) is 2. The van der Waals surface area contributed by atoms with E-state index in [9.17, 15) is 19.2 Å². The van der Waals surface area contributed by atoms with Crippen LogP contribution in [0.25, 0.3) is 11.0 Å². The van der Waals surface area contributed by atoms with Crippen LogP contribution in [0.15, 0.2) is 23.0 Å². The number of nitrogens with zero attached hydrogens (tertiary/aromatic N) is 3. The summed E-state index contributed by atoms with van der Waals surface area (Å²) < 4.78 is 2.96. The number of piperidine rings is 2. The molecule has 4 rings (SSSR count). The van der Waals surface area contributed by atoms with E-state index in [1.165, 1.54) is 9.13 Å². The molecular weight excluding hydrogens is 454 g/mol. The summed E-state index contributed by atoms with van der Waals surface area (Å²) in [5, 5.41) is 11.5. The quantitative estimate of drug-likeness (QED) is 0.471. The zero-order valence-corrected chi connectivity index (χ0v) is 18.2. The van der Waals surface area contributed by atoms with Crippen molar-refractivity contribution >= 4 is 57.0 Å². The van der Waals surface area contributed by atoms with Crippen molar-refractivity contribution in [3.63, 3.8) is 0 Å². The number of carbonyl (C=O) groups excluding carboxylic acids is 2. The summed E-state index contributed by atoms with van der Waals surface area (Å²) in [6.45, 7) is 5.66. The first-order chi connectivity index (χ1) is 14.4. The fourth-order valence-corrected chi connectivity index (χ4v) is 4.16. The minimum atomic E-state index is -0.751. The molecule has 3 heterocycles. The Labute approximate surface area is 182 Å². The van der Waals surface area contributed by atoms with Crippen LogP contribution in [0.5, 0.6) is 0 Å². The molecule has 2 fully saturated rings. The fourth-order valence-electron chi connectivity index (χ4n) is 4.16. The van der Waals surface area contributed by atoms with E-state index in [1.807, 2.05) is 18.2 Å². The minimum absolute atomic E-state index is 0.204. The van der Waals surface area contributed by atoms with Crippen LogP contribution in [0.1, 0.15) is 31.7 Å². The molecule has 2 aliphatic rings. The van der Waals surface area contributed by atoms with Crippen molar-refractivity contribution in [2.75, 3.05) is 18.0 Å². The molecule has 0 bridgehead atoms. The van der Waals surface area contributed by atoms with Crippen LogP contribution in [0.3, 0.4) is 0 Å². The van der Waals surface area contributed by atoms with Crippen molar-refractivity contribution in [3.05, 3.63) is 28.7 Å². The maximum atomic E-state index is 12.8. The number of carboxylic acid groups (broad SMARTS) is 1. The first-order valence-corrected chi connectivity index (χ1v) is 10.6. The zero-order chi connectivity index (χ0) is 22.0. The molecule has 1 atom stereocenters. The zero-order valence-electron chi connectivity index (χ0n) is 16.5. The second-order valence-electron chi connectivity index (χ2n) is 7.45. The van der Waals surface area contributed by atoms with Gasteiger partial charge in [-0.3, -0.25) is 28.8 Å². The summed E-state index contributed by atoms with van der Waals surface area (Å²) in [7, 11) is 1.66. The number of carbonyl (C=O) groups is 3. The number of fused-ring (bicyclic) bond motifs is 1. The van der Waals surface area contributed by atoms with E-state index < -0.39 is 17.9 Å². The van der Waals surface area contributed by atoms with E-state index in [2.05, 4.69) is 32.7 Å². The molecule has 2 aliphatic heterocycles. The Balaban J connectivity index is 0.00000124. The first kappa shape index (κ1) is 22.2. The number of nitrogens with one attached hydrogen (secondary N) is 1. The molecule has 2 N–H and O–H groups in total. The third-order valence-electron chi connectivity index (χ3n) is 5.80. The Hall–Kier alpha value is -2.52. The fraction of sp³-hybridized carbons (Fsp3) is 0.474. The standard InChI is InChI=1S/C19H22N4O5.BSe/c1-21-15-10-12(22-8-6-11(7-9-22)18(26)27)2-3-13(15)23(19(21)28)14-4-5-16(24)20-17(14)25;1-2/h2-3,10-11,14H,4-9H2,1H3,(H,26,27)(H,20,24,25);. The van der Waals surface area contributed by atoms with Gasteiger partial charge in [0.2, 0.25) is 11.8 Å². The van der Waals surface area contributed by atoms with E-state index in [4.69, 9.17) is 5.11 Å². The Bertz CT molecular complexity index is 1040. The van der Waals surface area contributed by atoms with Crippen LogP contribution in [0.2, 0.25) is 0 Å². The summed E-state index contributed by atoms with van der Waals surface area (Å²) in [5.41, 5.74) is 1.97. The molecule has 30 heavy (non-hydrogen) atoms. The Kier molecular flexibility index (Phi) is 6.72. The summed E-state index contributed by atoms with van der Waals surface area (Å²) in [6.07, 6.45) is 1.68. The number of aromatic nitrogens is 2. The van der Waals surface area contributed by atoms with E-state index in [-0.39, 0.29) is 23.9 Å². The molecule has 0 aliphatic carbocycles. The Morgan fingerprint density at radius 2 is 1.80 bits per heavy atom. The van der Waals surface area contributed by atoms with Crippen molar-refractivity contribution in [1.82, 2.24) is 14.5 Å². The van der Waals surface area contributed by atoms with Crippen LogP contribution in [0, 0.1) is 5.92 Å². The van der Waals surface area contributed by atoms with Crippen molar-refractivity contribution in [1.29, 1.82) is 0 Å². The van der Waals surface area contributed by atoms with Gasteiger partial charge in [-0.25, -0.2) is 4.79 Å². The normalized spacial score (nSPS) is 19.9. The summed E-state index contributed by atoms with van der Waals surface area (Å²) in [5.74, 6) is -1.83. The number of imidazole rings is 1. The van der Waals surface area contributed by atoms with Gasteiger partial charge < -0.3 is 10.0 Å². The van der Waals surface area contributed by atoms with Crippen molar-refractivity contribution in [2.24, 2.45) is 13.0 Å². The number of hydrogen-bond acceptors (Lipinski definition) is 5. The number of rotatable bonds is 3. The van der Waals surface area contributed by atoms with Gasteiger partial charge in [-0.05, 0) is 37.5 Å². The third kappa shape index (κ3) is 4.04. The number of amides is 2. The van der Waals surface area contributed by atoms with E-state index in [0.717, 1.165) is 5.69 Å². The Morgan fingerprint density at radius 1 is 1.13 bits per heavy atom. The maximum absolute atomic E-state index is 12.8. The number of anilines is 1. The molecule has 2 amide bonds. The van der Waals surface area contributed by atoms with Gasteiger partial charge in [0.1, 0.15) is 6.04 Å². The Morgan fingerprint density at radius 3 is 2.40 bits per heavy atom. The van der Waals surface area contributed by atoms with E-state index in [1.54, 1.807) is 7.05 Å². The second-order valence-corrected chi connectivity index (χ2v) is 7.45. The van der Waals surface area contributed by atoms with Gasteiger partial charge in [-0.1, -0.05) is 0 Å². The molecule has 1 aromatic heterocycles. The summed E-state index contributed by atoms with van der Waals surface area (Å²) in [4.78, 5) is 49.7. The number of aliphatic carboxylic acids is 1. The predicted octanol–water partition coefficient (Wildman–Crippen LogP) is -0.143. The molecule has 9 nitrogen and oxygen atoms in total. The average molecular weight is 476 g/mol. The molecule has 157 valence electrons. The summed E-state index contributed by atoms with van der Waals surface area (Å²) >= 11 is 2.12. The first-order valence-electron chi connectivity index (χ1n) is 9.63. The number of aryl methyl sites for hydroxylation is 1. The topological polar surface area (TPSA) is 114 Å². The van der Waals surface area contributed by atoms with Gasteiger partial charge in [0.15, 0.2) is 0 Å². The van der Waals surface area contributed by atoms with Gasteiger partial charge in [0, 0.05) is 32.2 Å². The molecule has 11 heteroatoms. The van der Waals surface area contributed by atoms with E-state index in [0.29, 0.717) is 43.4 Å². The van der Waals surface area contributed by atoms with Gasteiger partial charge in [0.25, 0.3) is 0 Å². The van der Waals surface area contributed by atoms with Crippen LogP contribution < -0.4 is 15.9 Å². The number of carboxylic acids is 1. The predicted molar refractivity (Wildman–Crippen MR) is 113 cm³/mol. The van der Waals surface area contributed by atoms with Gasteiger partial charge >= 0.3 is 34.2 Å².